The molecule has 4 aliphatic carbocycles. The summed E-state index contributed by atoms with van der Waals surface area (Å²) in [5.74, 6) is 1.01. The van der Waals surface area contributed by atoms with E-state index in [2.05, 4.69) is 35.1 Å². The van der Waals surface area contributed by atoms with Gasteiger partial charge in [0.2, 0.25) is 5.91 Å². The molecule has 4 rings (SSSR count). The van der Waals surface area contributed by atoms with Crippen LogP contribution in [0.4, 0.5) is 0 Å². The molecule has 3 heteroatoms. The van der Waals surface area contributed by atoms with Gasteiger partial charge in [0.25, 0.3) is 0 Å². The Kier molecular flexibility index (Phi) is 2.47. The van der Waals surface area contributed by atoms with Gasteiger partial charge < -0.3 is 5.32 Å². The standard InChI is InChI=1S/C14H22BrNO/c1-12-3-10-4-13(2,7-12)9-14(5-10,8-12)16-11(17)6-15/h10H,3-9H2,1-2H3,(H,16,17)/t10?,12-,13+,14?. The van der Waals surface area contributed by atoms with Crippen molar-refractivity contribution in [2.24, 2.45) is 16.7 Å². The molecule has 1 amide bonds. The summed E-state index contributed by atoms with van der Waals surface area (Å²) in [5.41, 5.74) is 1.08. The van der Waals surface area contributed by atoms with Crippen LogP contribution in [0.15, 0.2) is 0 Å². The molecule has 4 aliphatic rings. The van der Waals surface area contributed by atoms with Crippen LogP contribution in [0.25, 0.3) is 0 Å². The molecule has 0 heterocycles. The first kappa shape index (κ1) is 12.0. The summed E-state index contributed by atoms with van der Waals surface area (Å²) in [4.78, 5) is 11.7. The van der Waals surface area contributed by atoms with Crippen LogP contribution in [-0.2, 0) is 4.79 Å². The Balaban J connectivity index is 1.89. The fraction of sp³-hybridized carbons (Fsp3) is 0.929. The zero-order chi connectivity index (χ0) is 12.3. The van der Waals surface area contributed by atoms with Gasteiger partial charge in [-0.1, -0.05) is 29.8 Å². The molecule has 0 aliphatic heterocycles. The predicted molar refractivity (Wildman–Crippen MR) is 72.1 cm³/mol. The van der Waals surface area contributed by atoms with E-state index >= 15 is 0 Å². The van der Waals surface area contributed by atoms with Gasteiger partial charge in [0.05, 0.1) is 5.33 Å². The van der Waals surface area contributed by atoms with Crippen LogP contribution in [0.5, 0.6) is 0 Å². The minimum atomic E-state index is 0.119. The highest BCUT2D eigenvalue weighted by molar-refractivity contribution is 9.09. The topological polar surface area (TPSA) is 29.1 Å². The van der Waals surface area contributed by atoms with E-state index in [9.17, 15) is 4.79 Å². The molecule has 1 N–H and O–H groups in total. The minimum Gasteiger partial charge on any atom is -0.350 e. The number of carbonyl (C=O) groups excluding carboxylic acids is 1. The van der Waals surface area contributed by atoms with Gasteiger partial charge in [-0.05, 0) is 55.3 Å². The van der Waals surface area contributed by atoms with E-state index in [0.717, 1.165) is 5.92 Å². The van der Waals surface area contributed by atoms with Crippen LogP contribution >= 0.6 is 15.9 Å². The fourth-order valence-electron chi connectivity index (χ4n) is 5.92. The summed E-state index contributed by atoms with van der Waals surface area (Å²) in [6.45, 7) is 4.87. The Hall–Kier alpha value is -0.0500. The minimum absolute atomic E-state index is 0.119. The first-order chi connectivity index (χ1) is 7.86. The highest BCUT2D eigenvalue weighted by Gasteiger charge is 2.60. The number of hydrogen-bond donors (Lipinski definition) is 1. The third-order valence-electron chi connectivity index (χ3n) is 5.15. The van der Waals surface area contributed by atoms with Gasteiger partial charge in [-0.2, -0.15) is 0 Å². The Morgan fingerprint density at radius 2 is 1.76 bits per heavy atom. The zero-order valence-corrected chi connectivity index (χ0v) is 12.4. The molecule has 2 unspecified atom stereocenters. The number of rotatable bonds is 2. The molecule has 4 fully saturated rings. The average molecular weight is 300 g/mol. The van der Waals surface area contributed by atoms with Gasteiger partial charge in [0.1, 0.15) is 0 Å². The number of halogens is 1. The van der Waals surface area contributed by atoms with E-state index in [1.807, 2.05) is 0 Å². The zero-order valence-electron chi connectivity index (χ0n) is 10.8. The van der Waals surface area contributed by atoms with Gasteiger partial charge in [0, 0.05) is 5.54 Å². The second kappa shape index (κ2) is 3.49. The van der Waals surface area contributed by atoms with Crippen LogP contribution in [-0.4, -0.2) is 16.8 Å². The Labute approximate surface area is 112 Å². The Morgan fingerprint density at radius 1 is 1.18 bits per heavy atom. The third kappa shape index (κ3) is 1.94. The third-order valence-corrected chi connectivity index (χ3v) is 5.66. The quantitative estimate of drug-likeness (QED) is 0.779. The van der Waals surface area contributed by atoms with Crippen LogP contribution in [0, 0.1) is 16.7 Å². The lowest BCUT2D eigenvalue weighted by Gasteiger charge is -2.65. The van der Waals surface area contributed by atoms with Gasteiger partial charge >= 0.3 is 0 Å². The maximum Gasteiger partial charge on any atom is 0.231 e. The lowest BCUT2D eigenvalue weighted by Crippen LogP contribution is -2.65. The predicted octanol–water partition coefficient (Wildman–Crippen LogP) is 3.25. The van der Waals surface area contributed by atoms with Crippen molar-refractivity contribution in [1.29, 1.82) is 0 Å². The van der Waals surface area contributed by atoms with Crippen LogP contribution in [0.3, 0.4) is 0 Å². The first-order valence-electron chi connectivity index (χ1n) is 6.73. The lowest BCUT2D eigenvalue weighted by molar-refractivity contribution is -0.137. The van der Waals surface area contributed by atoms with E-state index in [1.165, 1.54) is 38.5 Å². The van der Waals surface area contributed by atoms with E-state index in [1.54, 1.807) is 0 Å². The molecule has 0 radical (unpaired) electrons. The normalized spacial score (nSPS) is 51.6. The van der Waals surface area contributed by atoms with Crippen molar-refractivity contribution in [2.45, 2.75) is 57.9 Å². The van der Waals surface area contributed by atoms with Gasteiger partial charge in [-0.25, -0.2) is 0 Å². The molecule has 4 atom stereocenters. The monoisotopic (exact) mass is 299 g/mol. The molecule has 0 aromatic carbocycles. The number of alkyl halides is 1. The van der Waals surface area contributed by atoms with Crippen molar-refractivity contribution >= 4 is 21.8 Å². The van der Waals surface area contributed by atoms with Crippen molar-refractivity contribution < 1.29 is 4.79 Å². The first-order valence-corrected chi connectivity index (χ1v) is 7.85. The smallest absolute Gasteiger partial charge is 0.231 e. The van der Waals surface area contributed by atoms with Gasteiger partial charge in [0.15, 0.2) is 0 Å². The van der Waals surface area contributed by atoms with Crippen LogP contribution in [0.2, 0.25) is 0 Å². The lowest BCUT2D eigenvalue weighted by atomic mass is 9.43. The summed E-state index contributed by atoms with van der Waals surface area (Å²) >= 11 is 3.27. The molecule has 0 aromatic rings. The fourth-order valence-corrected chi connectivity index (χ4v) is 6.06. The summed E-state index contributed by atoms with van der Waals surface area (Å²) in [5, 5.41) is 3.78. The molecule has 2 nitrogen and oxygen atoms in total. The van der Waals surface area contributed by atoms with Crippen molar-refractivity contribution in [2.75, 3.05) is 5.33 Å². The molecule has 0 saturated heterocycles. The highest BCUT2D eigenvalue weighted by atomic mass is 79.9. The van der Waals surface area contributed by atoms with E-state index in [-0.39, 0.29) is 11.4 Å². The van der Waals surface area contributed by atoms with Crippen molar-refractivity contribution in [1.82, 2.24) is 5.32 Å². The summed E-state index contributed by atoms with van der Waals surface area (Å²) < 4.78 is 0. The number of amides is 1. The molecule has 17 heavy (non-hydrogen) atoms. The second-order valence-electron chi connectivity index (χ2n) is 7.59. The Morgan fingerprint density at radius 3 is 2.24 bits per heavy atom. The highest BCUT2D eigenvalue weighted by Crippen LogP contribution is 2.66. The molecular formula is C14H22BrNO. The number of hydrogen-bond acceptors (Lipinski definition) is 1. The summed E-state index contributed by atoms with van der Waals surface area (Å²) in [6.07, 6.45) is 7.75. The molecule has 96 valence electrons. The number of nitrogens with one attached hydrogen (secondary N) is 1. The summed E-state index contributed by atoms with van der Waals surface area (Å²) in [7, 11) is 0. The number of carbonyl (C=O) groups is 1. The van der Waals surface area contributed by atoms with Crippen LogP contribution < -0.4 is 5.32 Å². The average Bonchev–Trinajstić information content (AvgIpc) is 2.10. The second-order valence-corrected chi connectivity index (χ2v) is 8.15. The van der Waals surface area contributed by atoms with Gasteiger partial charge in [-0.15, -0.1) is 0 Å². The molecule has 0 aromatic heterocycles. The van der Waals surface area contributed by atoms with Crippen molar-refractivity contribution in [3.63, 3.8) is 0 Å². The van der Waals surface area contributed by atoms with Crippen molar-refractivity contribution in [3.05, 3.63) is 0 Å². The largest absolute Gasteiger partial charge is 0.350 e. The maximum absolute atomic E-state index is 11.7. The van der Waals surface area contributed by atoms with Crippen molar-refractivity contribution in [3.8, 4) is 0 Å². The van der Waals surface area contributed by atoms with E-state index in [0.29, 0.717) is 16.2 Å². The van der Waals surface area contributed by atoms with Gasteiger partial charge in [-0.3, -0.25) is 4.79 Å². The summed E-state index contributed by atoms with van der Waals surface area (Å²) in [6, 6.07) is 0. The molecule has 0 spiro atoms. The maximum atomic E-state index is 11.7. The molecule has 4 saturated carbocycles. The SMILES string of the molecule is C[C@]12CC3CC(NC(=O)CBr)(C1)C[C@@](C)(C3)C2. The van der Waals surface area contributed by atoms with E-state index < -0.39 is 0 Å². The Bertz CT molecular complexity index is 349. The molecule has 4 bridgehead atoms. The van der Waals surface area contributed by atoms with Crippen LogP contribution in [0.1, 0.15) is 52.4 Å². The van der Waals surface area contributed by atoms with E-state index in [4.69, 9.17) is 0 Å². The molecular weight excluding hydrogens is 278 g/mol.